The van der Waals surface area contributed by atoms with E-state index >= 15 is 0 Å². The van der Waals surface area contributed by atoms with E-state index in [1.807, 2.05) is 6.92 Å². The van der Waals surface area contributed by atoms with Crippen molar-refractivity contribution in [2.24, 2.45) is 19.3 Å². The lowest BCUT2D eigenvalue weighted by Crippen LogP contribution is -2.18. The summed E-state index contributed by atoms with van der Waals surface area (Å²) >= 11 is 0. The van der Waals surface area contributed by atoms with Gasteiger partial charge in [-0.05, 0) is 6.42 Å². The maximum absolute atomic E-state index is 11.2. The molecule has 19 heavy (non-hydrogen) atoms. The van der Waals surface area contributed by atoms with E-state index in [-0.39, 0.29) is 6.73 Å². The standard InChI is InChI=1S/C7H14N4O6S2/c1-3-4-5-17-6-9-11-19(15,16)7(12)18(13,14)10-8-2/h3-6H2,1-2H3. The van der Waals surface area contributed by atoms with Gasteiger partial charge in [-0.15, -0.1) is 5.11 Å². The molecule has 0 radical (unpaired) electrons. The maximum Gasteiger partial charge on any atom is 0.406 e. The zero-order valence-electron chi connectivity index (χ0n) is 10.4. The Hall–Kier alpha value is -1.27. The van der Waals surface area contributed by atoms with Crippen LogP contribution in [0.15, 0.2) is 19.3 Å². The average molecular weight is 314 g/mol. The molecule has 0 bridgehead atoms. The summed E-state index contributed by atoms with van der Waals surface area (Å²) in [6.07, 6.45) is 1.64. The third-order valence-electron chi connectivity index (χ3n) is 1.57. The van der Waals surface area contributed by atoms with Gasteiger partial charge in [-0.3, -0.25) is 4.79 Å². The van der Waals surface area contributed by atoms with E-state index in [9.17, 15) is 21.6 Å². The zero-order valence-corrected chi connectivity index (χ0v) is 12.0. The molecular formula is C7H14N4O6S2. The molecule has 0 atom stereocenters. The first-order valence-corrected chi connectivity index (χ1v) is 7.97. The predicted molar refractivity (Wildman–Crippen MR) is 64.6 cm³/mol. The van der Waals surface area contributed by atoms with Crippen molar-refractivity contribution in [2.75, 3.05) is 20.4 Å². The topological polar surface area (TPSA) is 144 Å². The number of rotatable bonds is 7. The van der Waals surface area contributed by atoms with E-state index in [4.69, 9.17) is 4.74 Å². The minimum absolute atomic E-state index is 0.353. The van der Waals surface area contributed by atoms with Crippen LogP contribution in [-0.4, -0.2) is 41.7 Å². The molecule has 0 aliphatic carbocycles. The molecule has 0 unspecified atom stereocenters. The molecule has 0 saturated carbocycles. The van der Waals surface area contributed by atoms with Crippen molar-refractivity contribution in [1.82, 2.24) is 0 Å². The van der Waals surface area contributed by atoms with Crippen LogP contribution in [0.1, 0.15) is 19.8 Å². The molecule has 0 saturated heterocycles. The number of unbranched alkanes of at least 4 members (excludes halogenated alkanes) is 1. The van der Waals surface area contributed by atoms with Gasteiger partial charge >= 0.3 is 24.5 Å². The van der Waals surface area contributed by atoms with Crippen LogP contribution in [-0.2, 0) is 24.8 Å². The normalized spacial score (nSPS) is 13.4. The van der Waals surface area contributed by atoms with E-state index in [1.165, 1.54) is 0 Å². The van der Waals surface area contributed by atoms with Crippen LogP contribution in [0.5, 0.6) is 0 Å². The molecular weight excluding hydrogens is 300 g/mol. The molecule has 0 aromatic rings. The van der Waals surface area contributed by atoms with Crippen molar-refractivity contribution in [2.45, 2.75) is 19.8 Å². The summed E-state index contributed by atoms with van der Waals surface area (Å²) in [5.74, 6) is 0. The van der Waals surface area contributed by atoms with Gasteiger partial charge in [0.15, 0.2) is 6.73 Å². The lowest BCUT2D eigenvalue weighted by atomic mass is 10.4. The average Bonchev–Trinajstić information content (AvgIpc) is 2.32. The van der Waals surface area contributed by atoms with E-state index in [0.717, 1.165) is 19.9 Å². The van der Waals surface area contributed by atoms with Crippen LogP contribution in [0.3, 0.4) is 0 Å². The Bertz CT molecular complexity index is 550. The van der Waals surface area contributed by atoms with Gasteiger partial charge < -0.3 is 4.74 Å². The van der Waals surface area contributed by atoms with Crippen LogP contribution in [0.25, 0.3) is 0 Å². The Balaban J connectivity index is 4.64. The van der Waals surface area contributed by atoms with Crippen LogP contribution >= 0.6 is 0 Å². The van der Waals surface area contributed by atoms with Gasteiger partial charge in [0, 0.05) is 13.7 Å². The monoisotopic (exact) mass is 314 g/mol. The number of hydrogen-bond donors (Lipinski definition) is 0. The second-order valence-electron chi connectivity index (χ2n) is 3.10. The number of carbonyl (C=O) groups excluding carboxylic acids is 1. The van der Waals surface area contributed by atoms with Gasteiger partial charge in [-0.2, -0.15) is 21.9 Å². The molecule has 0 rings (SSSR count). The van der Waals surface area contributed by atoms with Crippen molar-refractivity contribution in [3.8, 4) is 0 Å². The smallest absolute Gasteiger partial charge is 0.357 e. The summed E-state index contributed by atoms with van der Waals surface area (Å²) in [7, 11) is -8.84. The van der Waals surface area contributed by atoms with Crippen molar-refractivity contribution in [3.05, 3.63) is 0 Å². The molecule has 0 aliphatic rings. The highest BCUT2D eigenvalue weighted by Gasteiger charge is 2.36. The summed E-state index contributed by atoms with van der Waals surface area (Å²) in [6.45, 7) is 1.90. The quantitative estimate of drug-likeness (QED) is 0.507. The summed E-state index contributed by atoms with van der Waals surface area (Å²) in [4.78, 5) is 11.1. The van der Waals surface area contributed by atoms with Crippen LogP contribution < -0.4 is 0 Å². The lowest BCUT2D eigenvalue weighted by Gasteiger charge is -1.97. The Morgan fingerprint density at radius 3 is 2.21 bits per heavy atom. The number of carbonyl (C=O) groups is 1. The minimum atomic E-state index is -4.94. The number of sulfonamides is 2. The first-order chi connectivity index (χ1) is 8.78. The summed E-state index contributed by atoms with van der Waals surface area (Å²) < 4.78 is 52.3. The Morgan fingerprint density at radius 2 is 1.68 bits per heavy atom. The fourth-order valence-electron chi connectivity index (χ4n) is 0.759. The minimum Gasteiger partial charge on any atom is -0.357 e. The first-order valence-electron chi connectivity index (χ1n) is 5.09. The molecule has 0 aliphatic heterocycles. The molecule has 110 valence electrons. The molecule has 0 aromatic carbocycles. The summed E-state index contributed by atoms with van der Waals surface area (Å²) in [6, 6.07) is 0. The SMILES string of the molecule is CCCCOCN=NS(=O)(=O)C(=O)S(=O)(=O)N=NC. The van der Waals surface area contributed by atoms with Crippen molar-refractivity contribution in [1.29, 1.82) is 0 Å². The third kappa shape index (κ3) is 6.45. The number of nitrogens with zero attached hydrogens (tertiary/aromatic N) is 4. The second-order valence-corrected chi connectivity index (χ2v) is 6.32. The van der Waals surface area contributed by atoms with Gasteiger partial charge in [-0.1, -0.05) is 22.4 Å². The molecule has 0 amide bonds. The zero-order chi connectivity index (χ0) is 14.9. The Kier molecular flexibility index (Phi) is 7.48. The summed E-state index contributed by atoms with van der Waals surface area (Å²) in [5, 5.41) is 5.89. The largest absolute Gasteiger partial charge is 0.406 e. The van der Waals surface area contributed by atoms with Gasteiger partial charge in [0.25, 0.3) is 0 Å². The van der Waals surface area contributed by atoms with E-state index in [0.29, 0.717) is 6.61 Å². The molecule has 12 heteroatoms. The number of ether oxygens (including phenoxy) is 1. The fraction of sp³-hybridized carbons (Fsp3) is 0.857. The third-order valence-corrected chi connectivity index (χ3v) is 4.38. The molecule has 0 fully saturated rings. The Morgan fingerprint density at radius 1 is 1.11 bits per heavy atom. The van der Waals surface area contributed by atoms with Crippen molar-refractivity contribution >= 4 is 24.5 Å². The second kappa shape index (κ2) is 8.01. The molecule has 0 spiro atoms. The highest BCUT2D eigenvalue weighted by Crippen LogP contribution is 2.07. The number of hydrogen-bond acceptors (Lipinski definition) is 8. The van der Waals surface area contributed by atoms with Crippen LogP contribution in [0, 0.1) is 0 Å². The van der Waals surface area contributed by atoms with Crippen LogP contribution in [0.2, 0.25) is 0 Å². The maximum atomic E-state index is 11.2. The summed E-state index contributed by atoms with van der Waals surface area (Å²) in [5.41, 5.74) is 0. The molecule has 0 heterocycles. The van der Waals surface area contributed by atoms with E-state index in [1.54, 1.807) is 0 Å². The Labute approximate surface area is 111 Å². The fourth-order valence-corrected chi connectivity index (χ4v) is 2.57. The van der Waals surface area contributed by atoms with E-state index in [2.05, 4.69) is 19.3 Å². The highest BCUT2D eigenvalue weighted by atomic mass is 32.3. The van der Waals surface area contributed by atoms with Crippen LogP contribution in [0.4, 0.5) is 4.79 Å². The predicted octanol–water partition coefficient (Wildman–Crippen LogP) is 1.07. The van der Waals surface area contributed by atoms with Crippen molar-refractivity contribution < 1.29 is 26.4 Å². The van der Waals surface area contributed by atoms with Gasteiger partial charge in [-0.25, -0.2) is 0 Å². The highest BCUT2D eigenvalue weighted by molar-refractivity contribution is 8.29. The van der Waals surface area contributed by atoms with Gasteiger partial charge in [0.2, 0.25) is 0 Å². The van der Waals surface area contributed by atoms with E-state index < -0.39 is 24.5 Å². The first kappa shape index (κ1) is 17.7. The molecule has 0 aromatic heterocycles. The lowest BCUT2D eigenvalue weighted by molar-refractivity contribution is 0.135. The van der Waals surface area contributed by atoms with Crippen molar-refractivity contribution in [3.63, 3.8) is 0 Å². The van der Waals surface area contributed by atoms with Gasteiger partial charge in [0.05, 0.1) is 0 Å². The molecule has 0 N–H and O–H groups in total. The van der Waals surface area contributed by atoms with Gasteiger partial charge in [0.1, 0.15) is 0 Å². The molecule has 10 nitrogen and oxygen atoms in total.